The Hall–Kier alpha value is -3.72. The lowest BCUT2D eigenvalue weighted by Gasteiger charge is -2.30. The summed E-state index contributed by atoms with van der Waals surface area (Å²) in [6.45, 7) is 0.367. The Morgan fingerprint density at radius 3 is 2.45 bits per heavy atom. The van der Waals surface area contributed by atoms with Gasteiger partial charge in [0, 0.05) is 18.3 Å². The molecule has 1 amide bonds. The van der Waals surface area contributed by atoms with Crippen molar-refractivity contribution in [1.29, 1.82) is 0 Å². The highest BCUT2D eigenvalue weighted by atomic mass is 32.2. The Kier molecular flexibility index (Phi) is 5.43. The van der Waals surface area contributed by atoms with E-state index >= 15 is 0 Å². The number of hydrogen-bond donors (Lipinski definition) is 1. The van der Waals surface area contributed by atoms with Crippen LogP contribution in [0, 0.1) is 10.1 Å². The second-order valence-corrected chi connectivity index (χ2v) is 8.93. The maximum absolute atomic E-state index is 13.1. The third kappa shape index (κ3) is 3.99. The molecule has 0 aliphatic carbocycles. The van der Waals surface area contributed by atoms with E-state index in [1.54, 1.807) is 54.6 Å². The highest BCUT2D eigenvalue weighted by Crippen LogP contribution is 2.34. The smallest absolute Gasteiger partial charge is 0.282 e. The molecule has 0 spiro atoms. The highest BCUT2D eigenvalue weighted by molar-refractivity contribution is 7.92. The number of hydrogen-bond acceptors (Lipinski definition) is 5. The van der Waals surface area contributed by atoms with E-state index in [1.165, 1.54) is 22.5 Å². The molecular formula is C22H19N3O5S. The van der Waals surface area contributed by atoms with Crippen LogP contribution in [0.4, 0.5) is 17.1 Å². The second-order valence-electron chi connectivity index (χ2n) is 7.07. The molecular weight excluding hydrogens is 418 g/mol. The van der Waals surface area contributed by atoms with Gasteiger partial charge in [-0.25, -0.2) is 8.42 Å². The van der Waals surface area contributed by atoms with Gasteiger partial charge in [-0.1, -0.05) is 30.3 Å². The molecule has 3 aromatic rings. The highest BCUT2D eigenvalue weighted by Gasteiger charge is 2.29. The number of carbonyl (C=O) groups is 1. The van der Waals surface area contributed by atoms with E-state index in [9.17, 15) is 23.3 Å². The number of fused-ring (bicyclic) bond motifs is 1. The maximum atomic E-state index is 13.1. The molecule has 0 atom stereocenters. The fourth-order valence-electron chi connectivity index (χ4n) is 3.63. The Labute approximate surface area is 179 Å². The number of nitrogens with one attached hydrogen (secondary N) is 1. The molecule has 0 saturated carbocycles. The van der Waals surface area contributed by atoms with Gasteiger partial charge in [0.25, 0.3) is 21.6 Å². The van der Waals surface area contributed by atoms with E-state index in [0.717, 1.165) is 5.56 Å². The molecule has 0 radical (unpaired) electrons. The molecule has 3 aromatic carbocycles. The SMILES string of the molecule is O=C(Nc1ccc2c(c1)CCCN2S(=O)(=O)c1ccccc1)c1ccccc1[N+](=O)[O-]. The Morgan fingerprint density at radius 1 is 1.00 bits per heavy atom. The van der Waals surface area contributed by atoms with Crippen molar-refractivity contribution >= 4 is 33.0 Å². The lowest BCUT2D eigenvalue weighted by Crippen LogP contribution is -2.35. The van der Waals surface area contributed by atoms with Crippen LogP contribution in [0.1, 0.15) is 22.3 Å². The first-order chi connectivity index (χ1) is 14.9. The maximum Gasteiger partial charge on any atom is 0.282 e. The third-order valence-electron chi connectivity index (χ3n) is 5.09. The quantitative estimate of drug-likeness (QED) is 0.479. The summed E-state index contributed by atoms with van der Waals surface area (Å²) in [5.74, 6) is -0.600. The van der Waals surface area contributed by atoms with Crippen molar-refractivity contribution in [2.45, 2.75) is 17.7 Å². The summed E-state index contributed by atoms with van der Waals surface area (Å²) in [6, 6.07) is 18.9. The lowest BCUT2D eigenvalue weighted by molar-refractivity contribution is -0.385. The first-order valence-electron chi connectivity index (χ1n) is 9.63. The van der Waals surface area contributed by atoms with Gasteiger partial charge >= 0.3 is 0 Å². The predicted molar refractivity (Wildman–Crippen MR) is 117 cm³/mol. The molecule has 0 aromatic heterocycles. The molecule has 0 saturated heterocycles. The topological polar surface area (TPSA) is 110 Å². The number of rotatable bonds is 5. The Balaban J connectivity index is 1.62. The van der Waals surface area contributed by atoms with Crippen LogP contribution in [0.15, 0.2) is 77.7 Å². The van der Waals surface area contributed by atoms with Crippen LogP contribution in [0.3, 0.4) is 0 Å². The van der Waals surface area contributed by atoms with Gasteiger partial charge in [-0.05, 0) is 54.8 Å². The summed E-state index contributed by atoms with van der Waals surface area (Å²) in [5.41, 5.74) is 1.47. The summed E-state index contributed by atoms with van der Waals surface area (Å²) in [5, 5.41) is 13.9. The Bertz CT molecular complexity index is 1260. The monoisotopic (exact) mass is 437 g/mol. The number of sulfonamides is 1. The number of amides is 1. The number of carbonyl (C=O) groups excluding carboxylic acids is 1. The first kappa shape index (κ1) is 20.5. The van der Waals surface area contributed by atoms with E-state index in [1.807, 2.05) is 0 Å². The fourth-order valence-corrected chi connectivity index (χ4v) is 5.20. The zero-order chi connectivity index (χ0) is 22.0. The van der Waals surface area contributed by atoms with Crippen molar-refractivity contribution < 1.29 is 18.1 Å². The summed E-state index contributed by atoms with van der Waals surface area (Å²) >= 11 is 0. The predicted octanol–water partition coefficient (Wildman–Crippen LogP) is 3.99. The van der Waals surface area contributed by atoms with Crippen LogP contribution in [0.25, 0.3) is 0 Å². The second kappa shape index (κ2) is 8.19. The minimum atomic E-state index is -3.70. The lowest BCUT2D eigenvalue weighted by atomic mass is 10.0. The Morgan fingerprint density at radius 2 is 1.71 bits per heavy atom. The number of para-hydroxylation sites is 1. The number of aryl methyl sites for hydroxylation is 1. The third-order valence-corrected chi connectivity index (χ3v) is 6.92. The average molecular weight is 437 g/mol. The number of nitro benzene ring substituents is 1. The normalized spacial score (nSPS) is 13.4. The summed E-state index contributed by atoms with van der Waals surface area (Å²) in [4.78, 5) is 23.4. The van der Waals surface area contributed by atoms with Gasteiger partial charge in [-0.15, -0.1) is 0 Å². The van der Waals surface area contributed by atoms with Crippen LogP contribution >= 0.6 is 0 Å². The average Bonchev–Trinajstić information content (AvgIpc) is 2.79. The molecule has 158 valence electrons. The molecule has 1 aliphatic rings. The van der Waals surface area contributed by atoms with E-state index in [2.05, 4.69) is 5.32 Å². The van der Waals surface area contributed by atoms with Crippen LogP contribution in [0.2, 0.25) is 0 Å². The summed E-state index contributed by atoms with van der Waals surface area (Å²) in [6.07, 6.45) is 1.30. The zero-order valence-corrected chi connectivity index (χ0v) is 17.2. The molecule has 8 nitrogen and oxygen atoms in total. The van der Waals surface area contributed by atoms with Crippen molar-refractivity contribution in [2.75, 3.05) is 16.2 Å². The van der Waals surface area contributed by atoms with Gasteiger partial charge in [0.15, 0.2) is 0 Å². The summed E-state index contributed by atoms with van der Waals surface area (Å²) < 4.78 is 27.6. The van der Waals surface area contributed by atoms with Crippen LogP contribution in [-0.4, -0.2) is 25.8 Å². The van der Waals surface area contributed by atoms with Gasteiger partial charge in [0.2, 0.25) is 0 Å². The standard InChI is InChI=1S/C22H19N3O5S/c26-22(19-10-4-5-11-21(19)25(27)28)23-17-12-13-20-16(15-17)7-6-14-24(20)31(29,30)18-8-2-1-3-9-18/h1-5,8-13,15H,6-7,14H2,(H,23,26). The molecule has 0 bridgehead atoms. The minimum Gasteiger partial charge on any atom is -0.322 e. The van der Waals surface area contributed by atoms with Crippen LogP contribution in [0.5, 0.6) is 0 Å². The molecule has 0 fully saturated rings. The van der Waals surface area contributed by atoms with Crippen molar-refractivity contribution in [2.24, 2.45) is 0 Å². The van der Waals surface area contributed by atoms with E-state index in [-0.39, 0.29) is 16.1 Å². The number of nitro groups is 1. The number of nitrogens with zero attached hydrogens (tertiary/aromatic N) is 2. The van der Waals surface area contributed by atoms with Gasteiger partial charge in [0.05, 0.1) is 15.5 Å². The van der Waals surface area contributed by atoms with Crippen molar-refractivity contribution in [3.8, 4) is 0 Å². The molecule has 31 heavy (non-hydrogen) atoms. The van der Waals surface area contributed by atoms with E-state index < -0.39 is 20.9 Å². The minimum absolute atomic E-state index is 0.0431. The largest absolute Gasteiger partial charge is 0.322 e. The molecule has 9 heteroatoms. The van der Waals surface area contributed by atoms with Crippen molar-refractivity contribution in [1.82, 2.24) is 0 Å². The van der Waals surface area contributed by atoms with Gasteiger partial charge < -0.3 is 5.32 Å². The summed E-state index contributed by atoms with van der Waals surface area (Å²) in [7, 11) is -3.70. The number of benzene rings is 3. The van der Waals surface area contributed by atoms with Crippen LogP contribution in [-0.2, 0) is 16.4 Å². The van der Waals surface area contributed by atoms with Gasteiger partial charge in [-0.2, -0.15) is 0 Å². The van der Waals surface area contributed by atoms with Crippen molar-refractivity contribution in [3.63, 3.8) is 0 Å². The van der Waals surface area contributed by atoms with Gasteiger partial charge in [0.1, 0.15) is 5.56 Å². The molecule has 0 unspecified atom stereocenters. The molecule has 1 N–H and O–H groups in total. The van der Waals surface area contributed by atoms with E-state index in [0.29, 0.717) is 30.8 Å². The van der Waals surface area contributed by atoms with Crippen molar-refractivity contribution in [3.05, 3.63) is 94.0 Å². The molecule has 1 heterocycles. The molecule has 1 aliphatic heterocycles. The zero-order valence-electron chi connectivity index (χ0n) is 16.4. The van der Waals surface area contributed by atoms with E-state index in [4.69, 9.17) is 0 Å². The van der Waals surface area contributed by atoms with Crippen LogP contribution < -0.4 is 9.62 Å². The van der Waals surface area contributed by atoms with Gasteiger partial charge in [-0.3, -0.25) is 19.2 Å². The molecule has 4 rings (SSSR count). The fraction of sp³-hybridized carbons (Fsp3) is 0.136. The first-order valence-corrected chi connectivity index (χ1v) is 11.1. The number of anilines is 2.